The van der Waals surface area contributed by atoms with Crippen molar-refractivity contribution in [3.63, 3.8) is 0 Å². The Hall–Kier alpha value is -2.02. The summed E-state index contributed by atoms with van der Waals surface area (Å²) < 4.78 is 10.7. The molecule has 0 atom stereocenters. The molecule has 0 heterocycles. The minimum atomic E-state index is -0.747. The van der Waals surface area contributed by atoms with Gasteiger partial charge < -0.3 is 9.47 Å². The molecule has 0 saturated carbocycles. The second-order valence-corrected chi connectivity index (χ2v) is 8.40. The molecule has 2 amide bonds. The van der Waals surface area contributed by atoms with E-state index < -0.39 is 23.4 Å². The first-order valence-corrected chi connectivity index (χ1v) is 9.54. The van der Waals surface area contributed by atoms with E-state index in [-0.39, 0.29) is 11.7 Å². The minimum Gasteiger partial charge on any atom is -0.443 e. The third-order valence-electron chi connectivity index (χ3n) is 2.79. The van der Waals surface area contributed by atoms with Crippen molar-refractivity contribution in [3.05, 3.63) is 35.9 Å². The average molecular weight is 381 g/mol. The lowest BCUT2D eigenvalue weighted by Gasteiger charge is -2.27. The van der Waals surface area contributed by atoms with Crippen LogP contribution in [0.4, 0.5) is 9.59 Å². The van der Waals surface area contributed by atoms with E-state index in [0.717, 1.165) is 5.56 Å². The highest BCUT2D eigenvalue weighted by Gasteiger charge is 2.27. The molecule has 0 N–H and O–H groups in total. The van der Waals surface area contributed by atoms with Crippen molar-refractivity contribution in [2.24, 2.45) is 4.99 Å². The maximum atomic E-state index is 12.7. The van der Waals surface area contributed by atoms with Gasteiger partial charge in [0.05, 0.1) is 6.54 Å². The Bertz CT molecular complexity index is 646. The summed E-state index contributed by atoms with van der Waals surface area (Å²) in [5.41, 5.74) is -0.439. The second kappa shape index (κ2) is 9.07. The average Bonchev–Trinajstić information content (AvgIpc) is 2.48. The number of hydrogen-bond acceptors (Lipinski definition) is 5. The summed E-state index contributed by atoms with van der Waals surface area (Å²) in [6.07, 6.45) is 0.424. The highest BCUT2D eigenvalue weighted by atomic mass is 32.2. The van der Waals surface area contributed by atoms with Gasteiger partial charge in [-0.15, -0.1) is 0 Å². The molecule has 0 aliphatic carbocycles. The number of rotatable bonds is 2. The van der Waals surface area contributed by atoms with Crippen molar-refractivity contribution < 1.29 is 19.1 Å². The van der Waals surface area contributed by atoms with Crippen LogP contribution in [-0.4, -0.2) is 39.7 Å². The van der Waals surface area contributed by atoms with Gasteiger partial charge in [0.15, 0.2) is 5.17 Å². The Balaban J connectivity index is 3.14. The molecule has 1 aromatic carbocycles. The molecule has 1 aromatic rings. The van der Waals surface area contributed by atoms with E-state index in [0.29, 0.717) is 0 Å². The highest BCUT2D eigenvalue weighted by molar-refractivity contribution is 8.13. The highest BCUT2D eigenvalue weighted by Crippen LogP contribution is 2.18. The van der Waals surface area contributed by atoms with Crippen molar-refractivity contribution in [2.75, 3.05) is 6.26 Å². The van der Waals surface area contributed by atoms with Gasteiger partial charge in [0.2, 0.25) is 0 Å². The molecule has 0 radical (unpaired) electrons. The van der Waals surface area contributed by atoms with Gasteiger partial charge in [-0.3, -0.25) is 4.90 Å². The maximum Gasteiger partial charge on any atom is 0.436 e. The van der Waals surface area contributed by atoms with Crippen LogP contribution in [0.1, 0.15) is 47.1 Å². The zero-order valence-electron chi connectivity index (χ0n) is 16.5. The molecule has 7 heteroatoms. The van der Waals surface area contributed by atoms with Crippen molar-refractivity contribution in [1.82, 2.24) is 4.90 Å². The SMILES string of the molecule is CS/C(=N\C(=O)OC(C)(C)C)N(Cc1ccccc1)C(=O)OC(C)(C)C. The van der Waals surface area contributed by atoms with E-state index in [2.05, 4.69) is 4.99 Å². The van der Waals surface area contributed by atoms with Crippen LogP contribution in [0.2, 0.25) is 0 Å². The predicted molar refractivity (Wildman–Crippen MR) is 105 cm³/mol. The lowest BCUT2D eigenvalue weighted by atomic mass is 10.2. The smallest absolute Gasteiger partial charge is 0.436 e. The van der Waals surface area contributed by atoms with Crippen LogP contribution in [-0.2, 0) is 16.0 Å². The van der Waals surface area contributed by atoms with Gasteiger partial charge >= 0.3 is 12.2 Å². The predicted octanol–water partition coefficient (Wildman–Crippen LogP) is 5.08. The van der Waals surface area contributed by atoms with Crippen molar-refractivity contribution in [2.45, 2.75) is 59.3 Å². The van der Waals surface area contributed by atoms with Crippen molar-refractivity contribution in [1.29, 1.82) is 0 Å². The molecular weight excluding hydrogens is 352 g/mol. The number of amidine groups is 1. The number of hydrogen-bond donors (Lipinski definition) is 0. The van der Waals surface area contributed by atoms with Gasteiger partial charge in [-0.25, -0.2) is 9.59 Å². The summed E-state index contributed by atoms with van der Waals surface area (Å²) in [4.78, 5) is 30.1. The summed E-state index contributed by atoms with van der Waals surface area (Å²) in [6, 6.07) is 9.44. The van der Waals surface area contributed by atoms with Crippen LogP contribution in [0.15, 0.2) is 35.3 Å². The fourth-order valence-corrected chi connectivity index (χ4v) is 2.40. The Labute approximate surface area is 160 Å². The van der Waals surface area contributed by atoms with Gasteiger partial charge in [-0.1, -0.05) is 42.1 Å². The van der Waals surface area contributed by atoms with Gasteiger partial charge in [-0.2, -0.15) is 4.99 Å². The molecular formula is C19H28N2O4S. The first kappa shape index (κ1) is 22.0. The topological polar surface area (TPSA) is 68.2 Å². The van der Waals surface area contributed by atoms with Gasteiger partial charge in [-0.05, 0) is 53.4 Å². The van der Waals surface area contributed by atoms with E-state index in [1.165, 1.54) is 16.7 Å². The Kier molecular flexibility index (Phi) is 7.68. The van der Waals surface area contributed by atoms with Gasteiger partial charge in [0.1, 0.15) is 11.2 Å². The lowest BCUT2D eigenvalue weighted by molar-refractivity contribution is 0.0363. The Morgan fingerprint density at radius 3 is 2.00 bits per heavy atom. The zero-order chi connectivity index (χ0) is 20.0. The zero-order valence-corrected chi connectivity index (χ0v) is 17.3. The molecule has 0 unspecified atom stereocenters. The number of thioether (sulfide) groups is 1. The van der Waals surface area contributed by atoms with Crippen LogP contribution < -0.4 is 0 Å². The molecule has 0 fully saturated rings. The summed E-state index contributed by atoms with van der Waals surface area (Å²) in [5, 5.41) is 0.220. The molecule has 144 valence electrons. The fourth-order valence-electron chi connectivity index (χ4n) is 1.87. The van der Waals surface area contributed by atoms with Crippen LogP contribution in [0, 0.1) is 0 Å². The van der Waals surface area contributed by atoms with Gasteiger partial charge in [0.25, 0.3) is 0 Å². The Morgan fingerprint density at radius 1 is 1.00 bits per heavy atom. The monoisotopic (exact) mass is 380 g/mol. The van der Waals surface area contributed by atoms with E-state index in [9.17, 15) is 9.59 Å². The van der Waals surface area contributed by atoms with Gasteiger partial charge in [0, 0.05) is 0 Å². The molecule has 6 nitrogen and oxygen atoms in total. The standard InChI is InChI=1S/C19H28N2O4S/c1-18(2,3)24-16(22)20-15(26-7)21(17(23)25-19(4,5)6)13-14-11-9-8-10-12-14/h8-12H,13H2,1-7H3/b20-15-. The minimum absolute atomic E-state index is 0.220. The van der Waals surface area contributed by atoms with Crippen LogP contribution in [0.5, 0.6) is 0 Å². The van der Waals surface area contributed by atoms with E-state index in [1.54, 1.807) is 47.8 Å². The number of aliphatic imine (C=N–C) groups is 1. The summed E-state index contributed by atoms with van der Waals surface area (Å²) in [6.45, 7) is 10.9. The molecule has 0 aliphatic heterocycles. The summed E-state index contributed by atoms with van der Waals surface area (Å²) >= 11 is 1.18. The third kappa shape index (κ3) is 8.38. The number of amides is 2. The number of carbonyl (C=O) groups excluding carboxylic acids is 2. The first-order chi connectivity index (χ1) is 11.9. The summed E-state index contributed by atoms with van der Waals surface area (Å²) in [7, 11) is 0. The molecule has 0 aliphatic rings. The molecule has 0 aromatic heterocycles. The number of ether oxygens (including phenoxy) is 2. The van der Waals surface area contributed by atoms with Crippen LogP contribution >= 0.6 is 11.8 Å². The molecule has 0 saturated heterocycles. The third-order valence-corrected chi connectivity index (χ3v) is 3.47. The van der Waals surface area contributed by atoms with Crippen molar-refractivity contribution in [3.8, 4) is 0 Å². The maximum absolute atomic E-state index is 12.7. The molecule has 26 heavy (non-hydrogen) atoms. The van der Waals surface area contributed by atoms with E-state index in [4.69, 9.17) is 9.47 Å². The fraction of sp³-hybridized carbons (Fsp3) is 0.526. The number of benzene rings is 1. The number of carbonyl (C=O) groups is 2. The normalized spacial score (nSPS) is 12.5. The van der Waals surface area contributed by atoms with Crippen molar-refractivity contribution >= 4 is 29.1 Å². The first-order valence-electron chi connectivity index (χ1n) is 8.31. The quantitative estimate of drug-likeness (QED) is 0.529. The second-order valence-electron chi connectivity index (χ2n) is 7.63. The molecule has 0 bridgehead atoms. The lowest BCUT2D eigenvalue weighted by Crippen LogP contribution is -2.39. The van der Waals surface area contributed by atoms with Crippen LogP contribution in [0.3, 0.4) is 0 Å². The van der Waals surface area contributed by atoms with E-state index in [1.807, 2.05) is 30.3 Å². The molecule has 1 rings (SSSR count). The van der Waals surface area contributed by atoms with Crippen LogP contribution in [0.25, 0.3) is 0 Å². The summed E-state index contributed by atoms with van der Waals surface area (Å²) in [5.74, 6) is 0. The van der Waals surface area contributed by atoms with E-state index >= 15 is 0 Å². The number of nitrogens with zero attached hydrogens (tertiary/aromatic N) is 2. The molecule has 0 spiro atoms. The largest absolute Gasteiger partial charge is 0.443 e. The Morgan fingerprint density at radius 2 is 1.54 bits per heavy atom.